The van der Waals surface area contributed by atoms with E-state index in [0.29, 0.717) is 6.29 Å². The minimum atomic E-state index is -0.938. The van der Waals surface area contributed by atoms with E-state index in [-0.39, 0.29) is 23.0 Å². The number of carbonyl (C=O) groups is 2. The molecule has 0 bridgehead atoms. The van der Waals surface area contributed by atoms with Crippen molar-refractivity contribution in [2.24, 2.45) is 16.3 Å². The monoisotopic (exact) mass is 235 g/mol. The van der Waals surface area contributed by atoms with E-state index in [0.717, 1.165) is 6.42 Å². The van der Waals surface area contributed by atoms with Crippen molar-refractivity contribution in [2.45, 2.75) is 27.2 Å². The zero-order valence-electron chi connectivity index (χ0n) is 10.3. The van der Waals surface area contributed by atoms with Gasteiger partial charge in [-0.25, -0.2) is 0 Å². The van der Waals surface area contributed by atoms with Gasteiger partial charge in [-0.05, 0) is 13.3 Å². The van der Waals surface area contributed by atoms with Crippen LogP contribution < -0.4 is 0 Å². The van der Waals surface area contributed by atoms with E-state index in [9.17, 15) is 14.7 Å². The molecule has 1 heterocycles. The summed E-state index contributed by atoms with van der Waals surface area (Å²) < 4.78 is 0. The summed E-state index contributed by atoms with van der Waals surface area (Å²) in [6.07, 6.45) is 5.37. The average molecular weight is 235 g/mol. The largest absolute Gasteiger partial charge is 0.506 e. The van der Waals surface area contributed by atoms with Gasteiger partial charge in [-0.1, -0.05) is 19.9 Å². The van der Waals surface area contributed by atoms with Gasteiger partial charge < -0.3 is 5.11 Å². The van der Waals surface area contributed by atoms with Crippen LogP contribution in [0.4, 0.5) is 0 Å². The normalized spacial score (nSPS) is 25.6. The Labute approximate surface area is 101 Å². The lowest BCUT2D eigenvalue weighted by atomic mass is 9.79. The van der Waals surface area contributed by atoms with Gasteiger partial charge in [0.05, 0.1) is 17.2 Å². The van der Waals surface area contributed by atoms with Crippen LogP contribution in [0.3, 0.4) is 0 Å². The molecular weight excluding hydrogens is 218 g/mol. The Morgan fingerprint density at radius 1 is 1.65 bits per heavy atom. The molecule has 17 heavy (non-hydrogen) atoms. The lowest BCUT2D eigenvalue weighted by Gasteiger charge is -2.22. The second kappa shape index (κ2) is 5.08. The van der Waals surface area contributed by atoms with Gasteiger partial charge in [-0.2, -0.15) is 0 Å². The van der Waals surface area contributed by atoms with Crippen LogP contribution in [0, 0.1) is 11.3 Å². The molecule has 0 saturated carbocycles. The number of hydrogen-bond acceptors (Lipinski definition) is 4. The number of ketones is 1. The maximum absolute atomic E-state index is 12.2. The summed E-state index contributed by atoms with van der Waals surface area (Å²) in [5, 5.41) is 9.50. The Balaban J connectivity index is 3.17. The lowest BCUT2D eigenvalue weighted by Crippen LogP contribution is -2.32. The van der Waals surface area contributed by atoms with Gasteiger partial charge in [0.2, 0.25) is 0 Å². The van der Waals surface area contributed by atoms with E-state index in [4.69, 9.17) is 0 Å². The van der Waals surface area contributed by atoms with Crippen LogP contribution in [0.1, 0.15) is 27.2 Å². The number of aliphatic hydroxyl groups is 1. The highest BCUT2D eigenvalue weighted by Crippen LogP contribution is 2.27. The predicted octanol–water partition coefficient (Wildman–Crippen LogP) is 2.22. The van der Waals surface area contributed by atoms with E-state index >= 15 is 0 Å². The minimum absolute atomic E-state index is 0.00815. The number of rotatable bonds is 4. The standard InChI is InChI=1S/C13H17NO3/c1-4-9(2)12(17)13(3)5-10(7-15)11(16)6-14-8-13/h5-9,16H,4H2,1-3H3. The van der Waals surface area contributed by atoms with Crippen LogP contribution in [0.15, 0.2) is 28.6 Å². The van der Waals surface area contributed by atoms with Crippen LogP contribution in [0.5, 0.6) is 0 Å². The molecule has 2 atom stereocenters. The van der Waals surface area contributed by atoms with E-state index in [1.165, 1.54) is 18.5 Å². The van der Waals surface area contributed by atoms with E-state index in [1.807, 2.05) is 13.8 Å². The van der Waals surface area contributed by atoms with Gasteiger partial charge >= 0.3 is 0 Å². The number of hydrogen-bond donors (Lipinski definition) is 1. The van der Waals surface area contributed by atoms with Gasteiger partial charge in [0, 0.05) is 12.1 Å². The molecule has 0 aliphatic carbocycles. The SMILES string of the molecule is CCC(C)C(=O)C1(C)C=NC=C(O)C(C=O)=C1. The molecule has 1 N–H and O–H groups in total. The Morgan fingerprint density at radius 3 is 2.82 bits per heavy atom. The lowest BCUT2D eigenvalue weighted by molar-refractivity contribution is -0.126. The molecule has 1 rings (SSSR count). The molecule has 0 saturated heterocycles. The fourth-order valence-corrected chi connectivity index (χ4v) is 1.72. The number of allylic oxidation sites excluding steroid dienone is 2. The zero-order chi connectivity index (χ0) is 13.1. The first-order valence-corrected chi connectivity index (χ1v) is 5.60. The molecule has 0 aromatic rings. The molecule has 0 spiro atoms. The first-order valence-electron chi connectivity index (χ1n) is 5.60. The Morgan fingerprint density at radius 2 is 2.29 bits per heavy atom. The fourth-order valence-electron chi connectivity index (χ4n) is 1.72. The van der Waals surface area contributed by atoms with Crippen molar-refractivity contribution >= 4 is 18.3 Å². The van der Waals surface area contributed by atoms with Gasteiger partial charge in [-0.3, -0.25) is 14.6 Å². The van der Waals surface area contributed by atoms with Crippen molar-refractivity contribution in [2.75, 3.05) is 0 Å². The second-order valence-corrected chi connectivity index (χ2v) is 4.47. The number of Topliss-reactive ketones (excluding diaryl/α,β-unsaturated/α-hetero) is 1. The number of carbonyl (C=O) groups excluding carboxylic acids is 2. The van der Waals surface area contributed by atoms with Crippen LogP contribution >= 0.6 is 0 Å². The Kier molecular flexibility index (Phi) is 3.99. The van der Waals surface area contributed by atoms with Gasteiger partial charge in [-0.15, -0.1) is 0 Å². The predicted molar refractivity (Wildman–Crippen MR) is 65.9 cm³/mol. The molecule has 0 radical (unpaired) electrons. The van der Waals surface area contributed by atoms with Crippen LogP contribution in [-0.2, 0) is 9.59 Å². The van der Waals surface area contributed by atoms with Crippen molar-refractivity contribution in [3.8, 4) is 0 Å². The second-order valence-electron chi connectivity index (χ2n) is 4.47. The third-order valence-electron chi connectivity index (χ3n) is 3.01. The first kappa shape index (κ1) is 13.4. The third kappa shape index (κ3) is 2.70. The number of nitrogens with zero attached hydrogens (tertiary/aromatic N) is 1. The Bertz CT molecular complexity index is 420. The molecule has 0 fully saturated rings. The highest BCUT2D eigenvalue weighted by atomic mass is 16.3. The fraction of sp³-hybridized carbons (Fsp3) is 0.462. The number of aliphatic imine (C=N–C) groups is 1. The summed E-state index contributed by atoms with van der Waals surface area (Å²) in [6.45, 7) is 5.47. The quantitative estimate of drug-likeness (QED) is 0.760. The van der Waals surface area contributed by atoms with Crippen LogP contribution in [0.2, 0.25) is 0 Å². The molecule has 1 aliphatic heterocycles. The third-order valence-corrected chi connectivity index (χ3v) is 3.01. The molecule has 4 heteroatoms. The van der Waals surface area contributed by atoms with Gasteiger partial charge in [0.1, 0.15) is 5.76 Å². The summed E-state index contributed by atoms with van der Waals surface area (Å²) in [5.41, 5.74) is -0.839. The highest BCUT2D eigenvalue weighted by Gasteiger charge is 2.33. The first-order chi connectivity index (χ1) is 7.94. The van der Waals surface area contributed by atoms with Gasteiger partial charge in [0.15, 0.2) is 12.1 Å². The number of aliphatic hydroxyl groups excluding tert-OH is 1. The molecule has 2 unspecified atom stereocenters. The Hall–Kier alpha value is -1.71. The summed E-state index contributed by atoms with van der Waals surface area (Å²) in [6, 6.07) is 0. The molecule has 0 aromatic heterocycles. The molecule has 4 nitrogen and oxygen atoms in total. The molecule has 0 amide bonds. The topological polar surface area (TPSA) is 66.7 Å². The summed E-state index contributed by atoms with van der Waals surface area (Å²) >= 11 is 0. The maximum atomic E-state index is 12.2. The zero-order valence-corrected chi connectivity index (χ0v) is 10.3. The molecule has 92 valence electrons. The smallest absolute Gasteiger partial charge is 0.153 e. The van der Waals surface area contributed by atoms with Crippen molar-refractivity contribution in [3.63, 3.8) is 0 Å². The van der Waals surface area contributed by atoms with E-state index in [2.05, 4.69) is 4.99 Å². The molecule has 1 aliphatic rings. The average Bonchev–Trinajstić information content (AvgIpc) is 2.47. The summed E-state index contributed by atoms with van der Waals surface area (Å²) in [5.74, 6) is -0.334. The highest BCUT2D eigenvalue weighted by molar-refractivity contribution is 6.04. The van der Waals surface area contributed by atoms with Crippen molar-refractivity contribution in [1.29, 1.82) is 0 Å². The van der Waals surface area contributed by atoms with Gasteiger partial charge in [0.25, 0.3) is 0 Å². The number of aldehydes is 1. The van der Waals surface area contributed by atoms with Crippen molar-refractivity contribution in [3.05, 3.63) is 23.6 Å². The van der Waals surface area contributed by atoms with E-state index in [1.54, 1.807) is 6.92 Å². The van der Waals surface area contributed by atoms with Crippen LogP contribution in [-0.4, -0.2) is 23.4 Å². The summed E-state index contributed by atoms with van der Waals surface area (Å²) in [4.78, 5) is 26.9. The van der Waals surface area contributed by atoms with E-state index < -0.39 is 5.41 Å². The molecular formula is C13H17NO3. The summed E-state index contributed by atoms with van der Waals surface area (Å²) in [7, 11) is 0. The maximum Gasteiger partial charge on any atom is 0.153 e. The van der Waals surface area contributed by atoms with Crippen LogP contribution in [0.25, 0.3) is 0 Å². The molecule has 0 aromatic carbocycles. The minimum Gasteiger partial charge on any atom is -0.506 e. The van der Waals surface area contributed by atoms with Crippen molar-refractivity contribution in [1.82, 2.24) is 0 Å². The van der Waals surface area contributed by atoms with Crippen molar-refractivity contribution < 1.29 is 14.7 Å².